The van der Waals surface area contributed by atoms with Crippen LogP contribution >= 0.6 is 0 Å². The first kappa shape index (κ1) is 24.4. The number of sulfonamides is 1. The summed E-state index contributed by atoms with van der Waals surface area (Å²) in [5.74, 6) is -0.409. The van der Waals surface area contributed by atoms with E-state index >= 15 is 0 Å². The smallest absolute Gasteiger partial charge is 0.338 e. The van der Waals surface area contributed by atoms with Crippen LogP contribution in [0, 0.1) is 11.8 Å². The van der Waals surface area contributed by atoms with Crippen LogP contribution in [-0.2, 0) is 26.0 Å². The van der Waals surface area contributed by atoms with E-state index in [9.17, 15) is 18.0 Å². The lowest BCUT2D eigenvalue weighted by Crippen LogP contribution is -2.42. The Bertz CT molecular complexity index is 1140. The molecule has 1 N–H and O–H groups in total. The molecule has 1 heterocycles. The minimum absolute atomic E-state index is 0.0825. The number of carbonyl (C=O) groups is 2. The second-order valence-corrected chi connectivity index (χ2v) is 11.5. The van der Waals surface area contributed by atoms with Gasteiger partial charge in [0.25, 0.3) is 5.91 Å². The van der Waals surface area contributed by atoms with Crippen LogP contribution in [0.2, 0.25) is 0 Å². The summed E-state index contributed by atoms with van der Waals surface area (Å²) < 4.78 is 32.7. The summed E-state index contributed by atoms with van der Waals surface area (Å²) in [6.07, 6.45) is 3.85. The molecule has 0 aromatic heterocycles. The predicted octanol–water partition coefficient (Wildman–Crippen LogP) is 3.70. The monoisotopic (exact) mass is 484 g/mol. The summed E-state index contributed by atoms with van der Waals surface area (Å²) in [5, 5.41) is 2.95. The third-order valence-electron chi connectivity index (χ3n) is 6.60. The van der Waals surface area contributed by atoms with Gasteiger partial charge in [0.15, 0.2) is 6.61 Å². The highest BCUT2D eigenvalue weighted by molar-refractivity contribution is 7.89. The summed E-state index contributed by atoms with van der Waals surface area (Å²) in [5.41, 5.74) is 2.55. The normalized spacial score (nSPS) is 23.1. The van der Waals surface area contributed by atoms with E-state index in [0.29, 0.717) is 24.9 Å². The van der Waals surface area contributed by atoms with E-state index in [-0.39, 0.29) is 29.0 Å². The van der Waals surface area contributed by atoms with Gasteiger partial charge < -0.3 is 10.1 Å². The quantitative estimate of drug-likeness (QED) is 0.631. The highest BCUT2D eigenvalue weighted by Crippen LogP contribution is 2.29. The first-order valence-electron chi connectivity index (χ1n) is 11.9. The van der Waals surface area contributed by atoms with Crippen molar-refractivity contribution in [2.75, 3.05) is 19.7 Å². The largest absolute Gasteiger partial charge is 0.452 e. The summed E-state index contributed by atoms with van der Waals surface area (Å²) in [6.45, 7) is 4.72. The fourth-order valence-electron chi connectivity index (χ4n) is 5.07. The van der Waals surface area contributed by atoms with Crippen LogP contribution in [0.25, 0.3) is 0 Å². The van der Waals surface area contributed by atoms with E-state index in [1.165, 1.54) is 34.1 Å². The topological polar surface area (TPSA) is 92.8 Å². The van der Waals surface area contributed by atoms with Crippen LogP contribution in [0.15, 0.2) is 53.4 Å². The third kappa shape index (κ3) is 5.50. The number of piperidine rings is 1. The molecule has 1 fully saturated rings. The number of rotatable bonds is 6. The number of ether oxygens (including phenoxy) is 1. The van der Waals surface area contributed by atoms with Crippen molar-refractivity contribution in [3.05, 3.63) is 65.2 Å². The zero-order chi connectivity index (χ0) is 24.3. The molecular formula is C26H32N2O5S. The fraction of sp³-hybridized carbons (Fsp3) is 0.462. The fourth-order valence-corrected chi connectivity index (χ4v) is 6.75. The molecule has 34 heavy (non-hydrogen) atoms. The number of esters is 1. The van der Waals surface area contributed by atoms with Gasteiger partial charge in [0, 0.05) is 13.1 Å². The lowest BCUT2D eigenvalue weighted by molar-refractivity contribution is -0.125. The van der Waals surface area contributed by atoms with Gasteiger partial charge in [0.2, 0.25) is 10.0 Å². The molecule has 2 aliphatic rings. The maximum Gasteiger partial charge on any atom is 0.338 e. The number of benzene rings is 2. The molecule has 0 unspecified atom stereocenters. The zero-order valence-corrected chi connectivity index (χ0v) is 20.5. The third-order valence-corrected chi connectivity index (χ3v) is 8.45. The van der Waals surface area contributed by atoms with Gasteiger partial charge in [-0.05, 0) is 72.9 Å². The van der Waals surface area contributed by atoms with Crippen LogP contribution in [0.3, 0.4) is 0 Å². The molecule has 1 aliphatic heterocycles. The predicted molar refractivity (Wildman–Crippen MR) is 129 cm³/mol. The Morgan fingerprint density at radius 3 is 2.41 bits per heavy atom. The van der Waals surface area contributed by atoms with Gasteiger partial charge in [-0.25, -0.2) is 13.2 Å². The molecule has 2 aromatic carbocycles. The lowest BCUT2D eigenvalue weighted by atomic mass is 9.88. The van der Waals surface area contributed by atoms with E-state index in [0.717, 1.165) is 31.2 Å². The summed E-state index contributed by atoms with van der Waals surface area (Å²) in [4.78, 5) is 25.0. The number of hydrogen-bond acceptors (Lipinski definition) is 5. The molecule has 8 heteroatoms. The number of fused-ring (bicyclic) bond motifs is 1. The lowest BCUT2D eigenvalue weighted by Gasteiger charge is -2.34. The molecule has 182 valence electrons. The van der Waals surface area contributed by atoms with Gasteiger partial charge in [-0.1, -0.05) is 38.1 Å². The van der Waals surface area contributed by atoms with Gasteiger partial charge in [-0.2, -0.15) is 4.31 Å². The molecule has 1 aliphatic carbocycles. The zero-order valence-electron chi connectivity index (χ0n) is 19.7. The van der Waals surface area contributed by atoms with E-state index in [2.05, 4.69) is 25.2 Å². The number of nitrogens with zero attached hydrogens (tertiary/aromatic N) is 1. The molecular weight excluding hydrogens is 452 g/mol. The van der Waals surface area contributed by atoms with Gasteiger partial charge in [0.1, 0.15) is 0 Å². The number of nitrogens with one attached hydrogen (secondary N) is 1. The molecule has 3 atom stereocenters. The Kier molecular flexibility index (Phi) is 7.38. The van der Waals surface area contributed by atoms with E-state index in [1.54, 1.807) is 0 Å². The van der Waals surface area contributed by atoms with Gasteiger partial charge in [0.05, 0.1) is 16.5 Å². The van der Waals surface area contributed by atoms with Crippen LogP contribution in [0.4, 0.5) is 0 Å². The van der Waals surface area contributed by atoms with E-state index in [4.69, 9.17) is 4.74 Å². The van der Waals surface area contributed by atoms with Crippen LogP contribution < -0.4 is 5.32 Å². The Hall–Kier alpha value is -2.71. The molecule has 1 amide bonds. The second kappa shape index (κ2) is 10.3. The first-order chi connectivity index (χ1) is 16.2. The molecule has 4 rings (SSSR count). The van der Waals surface area contributed by atoms with Crippen molar-refractivity contribution < 1.29 is 22.7 Å². The molecule has 0 saturated carbocycles. The molecule has 0 radical (unpaired) electrons. The van der Waals surface area contributed by atoms with Crippen molar-refractivity contribution in [2.24, 2.45) is 11.8 Å². The standard InChI is InChI=1S/C26H32N2O5S/c1-18-14-19(2)16-28(15-18)34(31,32)22-12-10-21(11-13-22)26(30)33-17-25(29)27-24-9-5-7-20-6-3-4-8-23(20)24/h3-4,6,8,10-13,18-19,24H,5,7,9,14-17H2,1-2H3,(H,27,29)/t18-,19-,24-/m1/s1. The Balaban J connectivity index is 1.33. The number of carbonyl (C=O) groups excluding carboxylic acids is 2. The molecule has 2 aromatic rings. The Labute approximate surface area is 201 Å². The molecule has 0 spiro atoms. The first-order valence-corrected chi connectivity index (χ1v) is 13.3. The van der Waals surface area contributed by atoms with E-state index < -0.39 is 16.0 Å². The maximum absolute atomic E-state index is 13.0. The minimum atomic E-state index is -3.62. The minimum Gasteiger partial charge on any atom is -0.452 e. The summed E-state index contributed by atoms with van der Waals surface area (Å²) >= 11 is 0. The Morgan fingerprint density at radius 1 is 1.03 bits per heavy atom. The van der Waals surface area contributed by atoms with E-state index in [1.807, 2.05) is 18.2 Å². The van der Waals surface area contributed by atoms with Crippen molar-refractivity contribution in [3.63, 3.8) is 0 Å². The number of amides is 1. The van der Waals surface area contributed by atoms with Crippen LogP contribution in [0.5, 0.6) is 0 Å². The van der Waals surface area contributed by atoms with Crippen molar-refractivity contribution in [2.45, 2.75) is 50.5 Å². The second-order valence-electron chi connectivity index (χ2n) is 9.58. The van der Waals surface area contributed by atoms with Gasteiger partial charge >= 0.3 is 5.97 Å². The van der Waals surface area contributed by atoms with Crippen LogP contribution in [-0.4, -0.2) is 44.3 Å². The summed E-state index contributed by atoms with van der Waals surface area (Å²) in [7, 11) is -3.62. The Morgan fingerprint density at radius 2 is 1.71 bits per heavy atom. The molecule has 1 saturated heterocycles. The van der Waals surface area contributed by atoms with Crippen LogP contribution in [0.1, 0.15) is 60.6 Å². The number of aryl methyl sites for hydroxylation is 1. The molecule has 7 nitrogen and oxygen atoms in total. The summed E-state index contributed by atoms with van der Waals surface area (Å²) in [6, 6.07) is 13.7. The van der Waals surface area contributed by atoms with Gasteiger partial charge in [-0.15, -0.1) is 0 Å². The number of hydrogen-bond donors (Lipinski definition) is 1. The molecule has 0 bridgehead atoms. The van der Waals surface area contributed by atoms with Crippen molar-refractivity contribution >= 4 is 21.9 Å². The average molecular weight is 485 g/mol. The highest BCUT2D eigenvalue weighted by atomic mass is 32.2. The average Bonchev–Trinajstić information content (AvgIpc) is 2.82. The maximum atomic E-state index is 13.0. The highest BCUT2D eigenvalue weighted by Gasteiger charge is 2.31. The van der Waals surface area contributed by atoms with Crippen molar-refractivity contribution in [1.29, 1.82) is 0 Å². The van der Waals surface area contributed by atoms with Crippen molar-refractivity contribution in [1.82, 2.24) is 9.62 Å². The van der Waals surface area contributed by atoms with Gasteiger partial charge in [-0.3, -0.25) is 4.79 Å². The van der Waals surface area contributed by atoms with Crippen molar-refractivity contribution in [3.8, 4) is 0 Å². The SMILES string of the molecule is C[C@@H]1C[C@@H](C)CN(S(=O)(=O)c2ccc(C(=O)OCC(=O)N[C@@H]3CCCc4ccccc43)cc2)C1.